The largest absolute Gasteiger partial charge is 0.462 e. The minimum Gasteiger partial charge on any atom is -0.462 e. The SMILES string of the molecule is CCOC(=O)c1ccsc1NC(=O)C1COCC1NC. The van der Waals surface area contributed by atoms with Gasteiger partial charge in [0.05, 0.1) is 31.3 Å². The third-order valence-corrected chi connectivity index (χ3v) is 4.02. The van der Waals surface area contributed by atoms with E-state index in [0.29, 0.717) is 30.4 Å². The van der Waals surface area contributed by atoms with Crippen LogP contribution in [0, 0.1) is 5.92 Å². The molecule has 1 fully saturated rings. The summed E-state index contributed by atoms with van der Waals surface area (Å²) in [7, 11) is 1.80. The lowest BCUT2D eigenvalue weighted by molar-refractivity contribution is -0.120. The number of ether oxygens (including phenoxy) is 2. The molecule has 20 heavy (non-hydrogen) atoms. The summed E-state index contributed by atoms with van der Waals surface area (Å²) in [6.45, 7) is 2.96. The van der Waals surface area contributed by atoms with E-state index < -0.39 is 5.97 Å². The van der Waals surface area contributed by atoms with Crippen molar-refractivity contribution in [3.63, 3.8) is 0 Å². The molecule has 2 unspecified atom stereocenters. The Labute approximate surface area is 121 Å². The van der Waals surface area contributed by atoms with Crippen LogP contribution in [-0.4, -0.2) is 44.8 Å². The highest BCUT2D eigenvalue weighted by molar-refractivity contribution is 7.14. The Balaban J connectivity index is 2.05. The molecule has 2 N–H and O–H groups in total. The molecule has 1 aliphatic heterocycles. The number of thiophene rings is 1. The number of hydrogen-bond acceptors (Lipinski definition) is 6. The van der Waals surface area contributed by atoms with E-state index in [1.165, 1.54) is 11.3 Å². The van der Waals surface area contributed by atoms with E-state index >= 15 is 0 Å². The Morgan fingerprint density at radius 1 is 1.50 bits per heavy atom. The Morgan fingerprint density at radius 3 is 3.00 bits per heavy atom. The predicted octanol–water partition coefficient (Wildman–Crippen LogP) is 1.10. The number of amides is 1. The minimum absolute atomic E-state index is 0.000931. The number of carbonyl (C=O) groups is 2. The molecule has 0 aliphatic carbocycles. The van der Waals surface area contributed by atoms with Gasteiger partial charge in [0.25, 0.3) is 0 Å². The number of rotatable bonds is 5. The summed E-state index contributed by atoms with van der Waals surface area (Å²) in [5.41, 5.74) is 0.394. The van der Waals surface area contributed by atoms with Crippen molar-refractivity contribution in [1.82, 2.24) is 5.32 Å². The highest BCUT2D eigenvalue weighted by Crippen LogP contribution is 2.25. The standard InChI is InChI=1S/C13H18N2O4S/c1-3-19-13(17)8-4-5-20-12(8)15-11(16)9-6-18-7-10(9)14-2/h4-5,9-10,14H,3,6-7H2,1-2H3,(H,15,16). The van der Waals surface area contributed by atoms with Gasteiger partial charge >= 0.3 is 5.97 Å². The fourth-order valence-electron chi connectivity index (χ4n) is 2.08. The van der Waals surface area contributed by atoms with Crippen molar-refractivity contribution >= 4 is 28.2 Å². The first-order chi connectivity index (χ1) is 9.67. The molecule has 7 heteroatoms. The van der Waals surface area contributed by atoms with E-state index in [4.69, 9.17) is 9.47 Å². The molecule has 1 aliphatic rings. The molecule has 110 valence electrons. The fraction of sp³-hybridized carbons (Fsp3) is 0.538. The zero-order valence-corrected chi connectivity index (χ0v) is 12.3. The lowest BCUT2D eigenvalue weighted by Crippen LogP contribution is -2.39. The number of hydrogen-bond donors (Lipinski definition) is 2. The van der Waals surface area contributed by atoms with E-state index in [9.17, 15) is 9.59 Å². The molecule has 1 aromatic rings. The Bertz CT molecular complexity index is 488. The van der Waals surface area contributed by atoms with Crippen LogP contribution in [0.5, 0.6) is 0 Å². The second-order valence-corrected chi connectivity index (χ2v) is 5.33. The molecule has 0 aromatic carbocycles. The van der Waals surface area contributed by atoms with Crippen LogP contribution in [0.15, 0.2) is 11.4 Å². The zero-order chi connectivity index (χ0) is 14.5. The normalized spacial score (nSPS) is 21.7. The molecule has 6 nitrogen and oxygen atoms in total. The third kappa shape index (κ3) is 3.17. The molecule has 1 saturated heterocycles. The van der Waals surface area contributed by atoms with Gasteiger partial charge in [-0.05, 0) is 25.4 Å². The van der Waals surface area contributed by atoms with Gasteiger partial charge in [0.1, 0.15) is 5.00 Å². The first kappa shape index (κ1) is 15.0. The van der Waals surface area contributed by atoms with Crippen molar-refractivity contribution in [3.05, 3.63) is 17.0 Å². The van der Waals surface area contributed by atoms with Gasteiger partial charge in [-0.15, -0.1) is 11.3 Å². The van der Waals surface area contributed by atoms with Crippen molar-refractivity contribution in [1.29, 1.82) is 0 Å². The highest BCUT2D eigenvalue weighted by Gasteiger charge is 2.33. The summed E-state index contributed by atoms with van der Waals surface area (Å²) in [5, 5.41) is 8.13. The molecule has 2 rings (SSSR count). The first-order valence-corrected chi connectivity index (χ1v) is 7.35. The van der Waals surface area contributed by atoms with Gasteiger partial charge in [-0.1, -0.05) is 0 Å². The van der Waals surface area contributed by atoms with E-state index in [0.717, 1.165) is 0 Å². The molecule has 0 bridgehead atoms. The Kier molecular flexibility index (Phi) is 5.11. The van der Waals surface area contributed by atoms with Crippen LogP contribution >= 0.6 is 11.3 Å². The topological polar surface area (TPSA) is 76.7 Å². The Morgan fingerprint density at radius 2 is 2.30 bits per heavy atom. The summed E-state index contributed by atoms with van der Waals surface area (Å²) in [5.74, 6) is -0.816. The molecular formula is C13H18N2O4S. The van der Waals surface area contributed by atoms with Crippen LogP contribution in [-0.2, 0) is 14.3 Å². The summed E-state index contributed by atoms with van der Waals surface area (Å²) in [4.78, 5) is 24.0. The average Bonchev–Trinajstić information content (AvgIpc) is 3.06. The maximum Gasteiger partial charge on any atom is 0.341 e. The van der Waals surface area contributed by atoms with Crippen LogP contribution in [0.4, 0.5) is 5.00 Å². The van der Waals surface area contributed by atoms with Crippen molar-refractivity contribution in [2.75, 3.05) is 32.2 Å². The summed E-state index contributed by atoms with van der Waals surface area (Å²) in [6, 6.07) is 1.65. The zero-order valence-electron chi connectivity index (χ0n) is 11.5. The van der Waals surface area contributed by atoms with Crippen LogP contribution in [0.1, 0.15) is 17.3 Å². The molecular weight excluding hydrogens is 280 g/mol. The summed E-state index contributed by atoms with van der Waals surface area (Å²) < 4.78 is 10.3. The number of nitrogens with one attached hydrogen (secondary N) is 2. The van der Waals surface area contributed by atoms with Gasteiger partial charge in [-0.2, -0.15) is 0 Å². The van der Waals surface area contributed by atoms with Gasteiger partial charge < -0.3 is 20.1 Å². The van der Waals surface area contributed by atoms with Crippen molar-refractivity contribution in [3.8, 4) is 0 Å². The molecule has 0 saturated carbocycles. The van der Waals surface area contributed by atoms with Gasteiger partial charge in [0.15, 0.2) is 0 Å². The van der Waals surface area contributed by atoms with Gasteiger partial charge in [0.2, 0.25) is 5.91 Å². The van der Waals surface area contributed by atoms with E-state index in [1.807, 2.05) is 0 Å². The highest BCUT2D eigenvalue weighted by atomic mass is 32.1. The van der Waals surface area contributed by atoms with Crippen LogP contribution in [0.2, 0.25) is 0 Å². The fourth-order valence-corrected chi connectivity index (χ4v) is 2.86. The maximum absolute atomic E-state index is 12.2. The van der Waals surface area contributed by atoms with E-state index in [-0.39, 0.29) is 17.9 Å². The van der Waals surface area contributed by atoms with Crippen molar-refractivity contribution in [2.24, 2.45) is 5.92 Å². The first-order valence-electron chi connectivity index (χ1n) is 6.47. The summed E-state index contributed by atoms with van der Waals surface area (Å²) >= 11 is 1.31. The van der Waals surface area contributed by atoms with Crippen LogP contribution in [0.3, 0.4) is 0 Å². The lowest BCUT2D eigenvalue weighted by atomic mass is 10.0. The average molecular weight is 298 g/mol. The molecule has 0 radical (unpaired) electrons. The second kappa shape index (κ2) is 6.83. The quantitative estimate of drug-likeness (QED) is 0.796. The summed E-state index contributed by atoms with van der Waals surface area (Å²) in [6.07, 6.45) is 0. The third-order valence-electron chi connectivity index (χ3n) is 3.19. The smallest absolute Gasteiger partial charge is 0.341 e. The lowest BCUT2D eigenvalue weighted by Gasteiger charge is -2.16. The van der Waals surface area contributed by atoms with E-state index in [1.54, 1.807) is 25.4 Å². The predicted molar refractivity (Wildman–Crippen MR) is 76.1 cm³/mol. The van der Waals surface area contributed by atoms with Crippen LogP contribution in [0.25, 0.3) is 0 Å². The number of esters is 1. The Hall–Kier alpha value is -1.44. The second-order valence-electron chi connectivity index (χ2n) is 4.41. The number of carbonyl (C=O) groups excluding carboxylic acids is 2. The van der Waals surface area contributed by atoms with Gasteiger partial charge in [0, 0.05) is 6.04 Å². The van der Waals surface area contributed by atoms with Gasteiger partial charge in [-0.3, -0.25) is 4.79 Å². The van der Waals surface area contributed by atoms with Crippen molar-refractivity contribution < 1.29 is 19.1 Å². The number of likely N-dealkylation sites (N-methyl/N-ethyl adjacent to an activating group) is 1. The van der Waals surface area contributed by atoms with Gasteiger partial charge in [-0.25, -0.2) is 4.79 Å². The van der Waals surface area contributed by atoms with Crippen molar-refractivity contribution in [2.45, 2.75) is 13.0 Å². The molecule has 2 heterocycles. The van der Waals surface area contributed by atoms with Crippen LogP contribution < -0.4 is 10.6 Å². The van der Waals surface area contributed by atoms with E-state index in [2.05, 4.69) is 10.6 Å². The number of anilines is 1. The molecule has 1 aromatic heterocycles. The monoisotopic (exact) mass is 298 g/mol. The molecule has 1 amide bonds. The maximum atomic E-state index is 12.2. The molecule has 0 spiro atoms. The molecule has 2 atom stereocenters. The minimum atomic E-state index is -0.420.